The molecule has 5 nitrogen and oxygen atoms in total. The highest BCUT2D eigenvalue weighted by Gasteiger charge is 2.26. The zero-order chi connectivity index (χ0) is 18.7. The fourth-order valence-electron chi connectivity index (χ4n) is 3.03. The highest BCUT2D eigenvalue weighted by Crippen LogP contribution is 2.41. The maximum absolute atomic E-state index is 13.7. The summed E-state index contributed by atoms with van der Waals surface area (Å²) in [6.07, 6.45) is 0.725. The standard InChI is InChI=1S/C19H20FNO4S/c1-23-15-6-5-12(17(24-2)18(15)25-3)19(22)21-14-8-9-26-16-7-4-11(20)10-13(14)16/h4-7,10,14H,8-9H2,1-3H3,(H,21,22). The smallest absolute Gasteiger partial charge is 0.255 e. The molecule has 1 N–H and O–H groups in total. The normalized spacial score (nSPS) is 15.8. The van der Waals surface area contributed by atoms with Crippen molar-refractivity contribution in [2.45, 2.75) is 17.4 Å². The number of ether oxygens (including phenoxy) is 3. The second-order valence-electron chi connectivity index (χ2n) is 5.73. The molecule has 1 unspecified atom stereocenters. The maximum Gasteiger partial charge on any atom is 0.255 e. The molecule has 0 spiro atoms. The van der Waals surface area contributed by atoms with Gasteiger partial charge >= 0.3 is 0 Å². The number of fused-ring (bicyclic) bond motifs is 1. The van der Waals surface area contributed by atoms with Gasteiger partial charge in [0.2, 0.25) is 5.75 Å². The number of rotatable bonds is 5. The van der Waals surface area contributed by atoms with Gasteiger partial charge in [0, 0.05) is 10.6 Å². The summed E-state index contributed by atoms with van der Waals surface area (Å²) in [5, 5.41) is 2.99. The summed E-state index contributed by atoms with van der Waals surface area (Å²) in [4.78, 5) is 13.9. The van der Waals surface area contributed by atoms with Gasteiger partial charge in [-0.05, 0) is 42.3 Å². The van der Waals surface area contributed by atoms with Gasteiger partial charge in [-0.3, -0.25) is 4.79 Å². The van der Waals surface area contributed by atoms with Crippen LogP contribution in [0.3, 0.4) is 0 Å². The first-order valence-electron chi connectivity index (χ1n) is 8.11. The van der Waals surface area contributed by atoms with Crippen LogP contribution in [0, 0.1) is 5.82 Å². The summed E-state index contributed by atoms with van der Waals surface area (Å²) >= 11 is 1.66. The number of carbonyl (C=O) groups is 1. The Balaban J connectivity index is 1.91. The number of carbonyl (C=O) groups excluding carboxylic acids is 1. The lowest BCUT2D eigenvalue weighted by Crippen LogP contribution is -2.31. The van der Waals surface area contributed by atoms with E-state index >= 15 is 0 Å². The Morgan fingerprint density at radius 3 is 2.58 bits per heavy atom. The molecular formula is C19H20FNO4S. The van der Waals surface area contributed by atoms with Crippen LogP contribution in [0.5, 0.6) is 17.2 Å². The van der Waals surface area contributed by atoms with Crippen molar-refractivity contribution in [3.05, 3.63) is 47.3 Å². The second kappa shape index (κ2) is 7.86. The number of halogens is 1. The van der Waals surface area contributed by atoms with Gasteiger partial charge in [-0.15, -0.1) is 11.8 Å². The fraction of sp³-hybridized carbons (Fsp3) is 0.316. The average molecular weight is 377 g/mol. The molecule has 1 amide bonds. The van der Waals surface area contributed by atoms with E-state index in [1.54, 1.807) is 30.0 Å². The van der Waals surface area contributed by atoms with Gasteiger partial charge in [0.1, 0.15) is 5.82 Å². The molecule has 0 bridgehead atoms. The Morgan fingerprint density at radius 1 is 1.12 bits per heavy atom. The van der Waals surface area contributed by atoms with E-state index in [0.29, 0.717) is 22.8 Å². The fourth-order valence-corrected chi connectivity index (χ4v) is 4.14. The van der Waals surface area contributed by atoms with Crippen LogP contribution in [0.1, 0.15) is 28.4 Å². The molecule has 0 saturated heterocycles. The van der Waals surface area contributed by atoms with Gasteiger partial charge in [-0.2, -0.15) is 0 Å². The lowest BCUT2D eigenvalue weighted by molar-refractivity contribution is 0.0931. The first-order valence-corrected chi connectivity index (χ1v) is 9.09. The number of amides is 1. The van der Waals surface area contributed by atoms with Crippen LogP contribution >= 0.6 is 11.8 Å². The van der Waals surface area contributed by atoms with E-state index in [2.05, 4.69) is 5.32 Å². The zero-order valence-corrected chi connectivity index (χ0v) is 15.6. The number of thioether (sulfide) groups is 1. The van der Waals surface area contributed by atoms with E-state index in [0.717, 1.165) is 22.6 Å². The minimum absolute atomic E-state index is 0.257. The molecule has 138 valence electrons. The topological polar surface area (TPSA) is 56.8 Å². The average Bonchev–Trinajstić information content (AvgIpc) is 2.66. The molecule has 1 atom stereocenters. The molecule has 7 heteroatoms. The minimum atomic E-state index is -0.311. The first kappa shape index (κ1) is 18.4. The Bertz CT molecular complexity index is 827. The molecule has 0 fully saturated rings. The zero-order valence-electron chi connectivity index (χ0n) is 14.8. The predicted molar refractivity (Wildman–Crippen MR) is 98.0 cm³/mol. The van der Waals surface area contributed by atoms with E-state index < -0.39 is 0 Å². The molecule has 1 heterocycles. The van der Waals surface area contributed by atoms with E-state index in [9.17, 15) is 9.18 Å². The van der Waals surface area contributed by atoms with Gasteiger partial charge in [-0.25, -0.2) is 4.39 Å². The minimum Gasteiger partial charge on any atom is -0.493 e. The van der Waals surface area contributed by atoms with Gasteiger partial charge in [0.15, 0.2) is 11.5 Å². The number of benzene rings is 2. The van der Waals surface area contributed by atoms with Crippen molar-refractivity contribution in [2.75, 3.05) is 27.1 Å². The number of nitrogens with one attached hydrogen (secondary N) is 1. The Hall–Kier alpha value is -2.41. The molecule has 0 aromatic heterocycles. The SMILES string of the molecule is COc1ccc(C(=O)NC2CCSc3ccc(F)cc32)c(OC)c1OC. The number of hydrogen-bond donors (Lipinski definition) is 1. The van der Waals surface area contributed by atoms with Crippen molar-refractivity contribution < 1.29 is 23.4 Å². The van der Waals surface area contributed by atoms with Crippen LogP contribution in [0.15, 0.2) is 35.2 Å². The largest absolute Gasteiger partial charge is 0.493 e. The molecule has 0 saturated carbocycles. The third kappa shape index (κ3) is 3.44. The summed E-state index contributed by atoms with van der Waals surface area (Å²) in [6, 6.07) is 7.70. The monoisotopic (exact) mass is 377 g/mol. The lowest BCUT2D eigenvalue weighted by atomic mass is 10.0. The Kier molecular flexibility index (Phi) is 5.56. The summed E-state index contributed by atoms with van der Waals surface area (Å²) < 4.78 is 29.6. The quantitative estimate of drug-likeness (QED) is 0.859. The number of methoxy groups -OCH3 is 3. The summed E-state index contributed by atoms with van der Waals surface area (Å²) in [7, 11) is 4.47. The van der Waals surface area contributed by atoms with Crippen molar-refractivity contribution in [2.24, 2.45) is 0 Å². The number of hydrogen-bond acceptors (Lipinski definition) is 5. The highest BCUT2D eigenvalue weighted by molar-refractivity contribution is 7.99. The van der Waals surface area contributed by atoms with Gasteiger partial charge in [0.25, 0.3) is 5.91 Å². The van der Waals surface area contributed by atoms with Crippen LogP contribution in [-0.4, -0.2) is 33.0 Å². The third-order valence-corrected chi connectivity index (χ3v) is 5.39. The predicted octanol–water partition coefficient (Wildman–Crippen LogP) is 3.82. The van der Waals surface area contributed by atoms with E-state index in [-0.39, 0.29) is 17.8 Å². The van der Waals surface area contributed by atoms with Gasteiger partial charge < -0.3 is 19.5 Å². The molecule has 1 aliphatic rings. The molecule has 3 rings (SSSR count). The molecule has 2 aromatic rings. The van der Waals surface area contributed by atoms with E-state index in [1.807, 2.05) is 0 Å². The molecule has 0 aliphatic carbocycles. The summed E-state index contributed by atoms with van der Waals surface area (Å²) in [5.74, 6) is 1.36. The summed E-state index contributed by atoms with van der Waals surface area (Å²) in [5.41, 5.74) is 1.13. The molecular weight excluding hydrogens is 357 g/mol. The molecule has 0 radical (unpaired) electrons. The van der Waals surface area contributed by atoms with Crippen LogP contribution in [0.4, 0.5) is 4.39 Å². The van der Waals surface area contributed by atoms with Crippen molar-refractivity contribution in [1.82, 2.24) is 5.32 Å². The van der Waals surface area contributed by atoms with Crippen LogP contribution in [-0.2, 0) is 0 Å². The van der Waals surface area contributed by atoms with Crippen molar-refractivity contribution in [3.8, 4) is 17.2 Å². The Morgan fingerprint density at radius 2 is 1.88 bits per heavy atom. The van der Waals surface area contributed by atoms with Crippen LogP contribution in [0.25, 0.3) is 0 Å². The molecule has 1 aliphatic heterocycles. The third-order valence-electron chi connectivity index (χ3n) is 4.27. The van der Waals surface area contributed by atoms with Crippen molar-refractivity contribution >= 4 is 17.7 Å². The lowest BCUT2D eigenvalue weighted by Gasteiger charge is -2.26. The van der Waals surface area contributed by atoms with Crippen LogP contribution in [0.2, 0.25) is 0 Å². The van der Waals surface area contributed by atoms with E-state index in [1.165, 1.54) is 33.5 Å². The highest BCUT2D eigenvalue weighted by atomic mass is 32.2. The summed E-state index contributed by atoms with van der Waals surface area (Å²) in [6.45, 7) is 0. The maximum atomic E-state index is 13.7. The van der Waals surface area contributed by atoms with Crippen molar-refractivity contribution in [3.63, 3.8) is 0 Å². The molecule has 2 aromatic carbocycles. The van der Waals surface area contributed by atoms with Crippen molar-refractivity contribution in [1.29, 1.82) is 0 Å². The second-order valence-corrected chi connectivity index (χ2v) is 6.86. The van der Waals surface area contributed by atoms with Crippen LogP contribution < -0.4 is 19.5 Å². The molecule has 26 heavy (non-hydrogen) atoms. The first-order chi connectivity index (χ1) is 12.6. The van der Waals surface area contributed by atoms with E-state index in [4.69, 9.17) is 14.2 Å². The van der Waals surface area contributed by atoms with Gasteiger partial charge in [0.05, 0.1) is 32.9 Å². The Labute approximate surface area is 155 Å². The van der Waals surface area contributed by atoms with Gasteiger partial charge in [-0.1, -0.05) is 0 Å².